The number of hydrogen-bond acceptors (Lipinski definition) is 8. The Hall–Kier alpha value is -4.96. The highest BCUT2D eigenvalue weighted by Gasteiger charge is 2.64. The molecule has 4 aliphatic carbocycles. The third kappa shape index (κ3) is 4.20. The van der Waals surface area contributed by atoms with Gasteiger partial charge in [-0.15, -0.1) is 0 Å². The predicted octanol–water partition coefficient (Wildman–Crippen LogP) is 3.80. The Morgan fingerprint density at radius 1 is 1.05 bits per heavy atom. The van der Waals surface area contributed by atoms with Crippen molar-refractivity contribution in [3.8, 4) is 16.9 Å². The molecule has 0 radical (unpaired) electrons. The number of amides is 2. The summed E-state index contributed by atoms with van der Waals surface area (Å²) in [6, 6.07) is 10.2. The number of primary amides is 1. The van der Waals surface area contributed by atoms with Crippen molar-refractivity contribution in [3.63, 3.8) is 0 Å². The van der Waals surface area contributed by atoms with Gasteiger partial charge in [-0.25, -0.2) is 0 Å². The van der Waals surface area contributed by atoms with Gasteiger partial charge in [-0.3, -0.25) is 19.2 Å². The van der Waals surface area contributed by atoms with Gasteiger partial charge in [-0.1, -0.05) is 50.3 Å². The minimum absolute atomic E-state index is 0.0214. The topological polar surface area (TPSA) is 187 Å². The Labute approximate surface area is 252 Å². The number of ketones is 2. The summed E-state index contributed by atoms with van der Waals surface area (Å²) in [7, 11) is 0. The summed E-state index contributed by atoms with van der Waals surface area (Å²) >= 11 is 0. The first-order valence-electron chi connectivity index (χ1n) is 14.5. The molecule has 1 fully saturated rings. The third-order valence-corrected chi connectivity index (χ3v) is 9.37. The van der Waals surface area contributed by atoms with Crippen LogP contribution in [0.2, 0.25) is 0 Å². The number of fused-ring (bicyclic) bond motifs is 3. The van der Waals surface area contributed by atoms with E-state index in [1.807, 2.05) is 12.2 Å². The highest BCUT2D eigenvalue weighted by molar-refractivity contribution is 6.23. The number of rotatable bonds is 5. The van der Waals surface area contributed by atoms with Gasteiger partial charge in [0.1, 0.15) is 22.8 Å². The van der Waals surface area contributed by atoms with E-state index in [0.717, 1.165) is 5.56 Å². The van der Waals surface area contributed by atoms with Crippen LogP contribution in [0.4, 0.5) is 5.69 Å². The molecule has 44 heavy (non-hydrogen) atoms. The molecular formula is C34H32N2O8. The van der Waals surface area contributed by atoms with E-state index >= 15 is 0 Å². The van der Waals surface area contributed by atoms with E-state index in [9.17, 15) is 39.6 Å². The number of phenolic OH excluding ortho intramolecular Hbond substituents is 1. The molecule has 6 rings (SSSR count). The van der Waals surface area contributed by atoms with Gasteiger partial charge in [0.05, 0.1) is 5.56 Å². The van der Waals surface area contributed by atoms with Crippen LogP contribution >= 0.6 is 0 Å². The van der Waals surface area contributed by atoms with Crippen LogP contribution in [0, 0.1) is 23.7 Å². The van der Waals surface area contributed by atoms with Gasteiger partial charge in [-0.05, 0) is 66.0 Å². The maximum absolute atomic E-state index is 14.0. The number of allylic oxidation sites excluding steroid dienone is 3. The number of nitrogens with one attached hydrogen (secondary N) is 1. The molecule has 0 saturated heterocycles. The molecule has 0 aliphatic heterocycles. The van der Waals surface area contributed by atoms with Crippen molar-refractivity contribution in [2.45, 2.75) is 38.7 Å². The summed E-state index contributed by atoms with van der Waals surface area (Å²) in [5, 5.41) is 48.0. The Balaban J connectivity index is 1.42. The van der Waals surface area contributed by atoms with Crippen LogP contribution in [0.25, 0.3) is 16.9 Å². The molecule has 4 atom stereocenters. The first kappa shape index (κ1) is 29.1. The third-order valence-electron chi connectivity index (χ3n) is 9.37. The lowest BCUT2D eigenvalue weighted by Gasteiger charge is -2.50. The SMILES string of the molecule is CC(C)[C@@H]1C(=O)C(C(N)=O)=C(O)[C@@]2(O)C(=O)C3=C(O)c4c(O)ccc(-c5ccc(NC(=O)C6=CC=CC6)cc5)c4C[C@H]3C[C@@H]12. The number of carbonyl (C=O) groups excluding carboxylic acids is 4. The standard InChI is InChI=1S/C34H32N2O8/c1-15(2)24-22-14-18-13-21-20(16-7-9-19(10-8-16)36-33(43)17-5-3-4-6-17)11-12-23(37)26(21)29(39)25(18)30(40)34(22,44)31(41)27(28(24)38)32(35)42/h3-5,7-12,15,18,22,24,37,39,41,44H,6,13-14H2,1-2H3,(H2,35,42)(H,36,43)/t18-,22-,24-,34-/m0/s1. The van der Waals surface area contributed by atoms with Gasteiger partial charge < -0.3 is 31.5 Å². The lowest BCUT2D eigenvalue weighted by Crippen LogP contribution is -2.62. The predicted molar refractivity (Wildman–Crippen MR) is 161 cm³/mol. The van der Waals surface area contributed by atoms with Gasteiger partial charge in [0.2, 0.25) is 5.78 Å². The molecule has 226 valence electrons. The van der Waals surface area contributed by atoms with Gasteiger partial charge in [-0.2, -0.15) is 0 Å². The lowest BCUT2D eigenvalue weighted by molar-refractivity contribution is -0.155. The molecule has 0 heterocycles. The number of benzene rings is 2. The van der Waals surface area contributed by atoms with Crippen LogP contribution in [-0.2, 0) is 25.6 Å². The fourth-order valence-corrected chi connectivity index (χ4v) is 7.32. The maximum Gasteiger partial charge on any atom is 0.255 e. The van der Waals surface area contributed by atoms with Crippen molar-refractivity contribution in [1.29, 1.82) is 0 Å². The maximum atomic E-state index is 14.0. The molecule has 2 aromatic carbocycles. The quantitative estimate of drug-likeness (QED) is 0.281. The Bertz CT molecular complexity index is 1780. The number of Topliss-reactive ketones (excluding diaryl/α,β-unsaturated/α-hetero) is 2. The fourth-order valence-electron chi connectivity index (χ4n) is 7.32. The van der Waals surface area contributed by atoms with E-state index in [1.54, 1.807) is 50.3 Å². The Kier molecular flexibility index (Phi) is 6.85. The average Bonchev–Trinajstić information content (AvgIpc) is 3.51. The number of aliphatic hydroxyl groups is 3. The highest BCUT2D eigenvalue weighted by atomic mass is 16.3. The molecule has 0 unspecified atom stereocenters. The van der Waals surface area contributed by atoms with Gasteiger partial charge in [0.25, 0.3) is 11.8 Å². The number of aliphatic hydroxyl groups excluding tert-OH is 2. The number of nitrogens with two attached hydrogens (primary N) is 1. The summed E-state index contributed by atoms with van der Waals surface area (Å²) in [6.45, 7) is 3.44. The van der Waals surface area contributed by atoms with Crippen molar-refractivity contribution < 1.29 is 39.6 Å². The summed E-state index contributed by atoms with van der Waals surface area (Å²) in [5.74, 6) is -8.29. The molecule has 0 aromatic heterocycles. The fraction of sp³-hybridized carbons (Fsp3) is 0.294. The Morgan fingerprint density at radius 2 is 1.75 bits per heavy atom. The van der Waals surface area contributed by atoms with Crippen LogP contribution in [0.1, 0.15) is 37.8 Å². The molecule has 10 nitrogen and oxygen atoms in total. The lowest BCUT2D eigenvalue weighted by atomic mass is 9.54. The first-order chi connectivity index (χ1) is 20.9. The number of carbonyl (C=O) groups is 4. The number of anilines is 1. The molecule has 1 saturated carbocycles. The second-order valence-electron chi connectivity index (χ2n) is 12.2. The van der Waals surface area contributed by atoms with Gasteiger partial charge in [0, 0.05) is 28.7 Å². The normalized spacial score (nSPS) is 25.9. The van der Waals surface area contributed by atoms with Gasteiger partial charge >= 0.3 is 0 Å². The second kappa shape index (κ2) is 10.3. The minimum Gasteiger partial charge on any atom is -0.508 e. The molecule has 7 N–H and O–H groups in total. The minimum atomic E-state index is -2.65. The van der Waals surface area contributed by atoms with Crippen molar-refractivity contribution in [2.24, 2.45) is 29.4 Å². The zero-order valence-electron chi connectivity index (χ0n) is 24.1. The van der Waals surface area contributed by atoms with Crippen molar-refractivity contribution >= 4 is 34.8 Å². The number of aromatic hydroxyl groups is 1. The van der Waals surface area contributed by atoms with E-state index in [2.05, 4.69) is 5.32 Å². The molecule has 10 heteroatoms. The van der Waals surface area contributed by atoms with E-state index in [0.29, 0.717) is 28.8 Å². The zero-order valence-corrected chi connectivity index (χ0v) is 24.1. The van der Waals surface area contributed by atoms with Crippen molar-refractivity contribution in [2.75, 3.05) is 5.32 Å². The summed E-state index contributed by atoms with van der Waals surface area (Å²) in [6.07, 6.45) is 6.28. The molecular weight excluding hydrogens is 564 g/mol. The first-order valence-corrected chi connectivity index (χ1v) is 14.5. The smallest absolute Gasteiger partial charge is 0.255 e. The summed E-state index contributed by atoms with van der Waals surface area (Å²) in [5.41, 5.74) is 4.98. The van der Waals surface area contributed by atoms with Crippen LogP contribution in [0.5, 0.6) is 5.75 Å². The highest BCUT2D eigenvalue weighted by Crippen LogP contribution is 2.55. The van der Waals surface area contributed by atoms with Crippen molar-refractivity contribution in [1.82, 2.24) is 0 Å². The largest absolute Gasteiger partial charge is 0.508 e. The van der Waals surface area contributed by atoms with Gasteiger partial charge in [0.15, 0.2) is 11.4 Å². The zero-order chi connectivity index (χ0) is 31.7. The van der Waals surface area contributed by atoms with Crippen LogP contribution in [0.3, 0.4) is 0 Å². The second-order valence-corrected chi connectivity index (χ2v) is 12.2. The molecule has 0 bridgehead atoms. The van der Waals surface area contributed by atoms with E-state index in [1.165, 1.54) is 6.07 Å². The molecule has 2 amide bonds. The van der Waals surface area contributed by atoms with Crippen LogP contribution in [0.15, 0.2) is 77.1 Å². The molecule has 0 spiro atoms. The van der Waals surface area contributed by atoms with Crippen molar-refractivity contribution in [3.05, 3.63) is 88.2 Å². The number of hydrogen-bond donors (Lipinski definition) is 6. The Morgan fingerprint density at radius 3 is 2.36 bits per heavy atom. The molecule has 2 aromatic rings. The average molecular weight is 597 g/mol. The molecule has 4 aliphatic rings. The summed E-state index contributed by atoms with van der Waals surface area (Å²) in [4.78, 5) is 52.0. The van der Waals surface area contributed by atoms with E-state index in [-0.39, 0.29) is 35.6 Å². The van der Waals surface area contributed by atoms with E-state index < -0.39 is 63.8 Å². The van der Waals surface area contributed by atoms with Crippen LogP contribution < -0.4 is 11.1 Å². The monoisotopic (exact) mass is 596 g/mol. The number of phenols is 1. The van der Waals surface area contributed by atoms with Crippen LogP contribution in [-0.4, -0.2) is 49.4 Å². The van der Waals surface area contributed by atoms with E-state index in [4.69, 9.17) is 5.73 Å². The summed E-state index contributed by atoms with van der Waals surface area (Å²) < 4.78 is 0.